The number of rotatable bonds is 3. The van der Waals surface area contributed by atoms with Crippen molar-refractivity contribution in [1.29, 1.82) is 5.26 Å². The van der Waals surface area contributed by atoms with E-state index in [1.54, 1.807) is 0 Å². The molecule has 0 saturated carbocycles. The van der Waals surface area contributed by atoms with Crippen molar-refractivity contribution in [2.45, 2.75) is 26.3 Å². The molecular formula is C9H14N2O2. The number of ether oxygens (including phenoxy) is 1. The van der Waals surface area contributed by atoms with E-state index in [0.29, 0.717) is 0 Å². The summed E-state index contributed by atoms with van der Waals surface area (Å²) in [5, 5.41) is 11.6. The lowest BCUT2D eigenvalue weighted by molar-refractivity contribution is -0.150. The predicted octanol–water partition coefficient (Wildman–Crippen LogP) is 0.441. The molecule has 72 valence electrons. The molecule has 4 heteroatoms. The first-order chi connectivity index (χ1) is 6.14. The number of hydrogen-bond donors (Lipinski definition) is 1. The van der Waals surface area contributed by atoms with Crippen molar-refractivity contribution in [2.24, 2.45) is 5.41 Å². The topological polar surface area (TPSA) is 62.1 Å². The second-order valence-electron chi connectivity index (χ2n) is 3.47. The van der Waals surface area contributed by atoms with E-state index in [-0.39, 0.29) is 25.2 Å². The van der Waals surface area contributed by atoms with Gasteiger partial charge < -0.3 is 10.1 Å². The molecule has 1 heterocycles. The van der Waals surface area contributed by atoms with Gasteiger partial charge in [0, 0.05) is 6.04 Å². The lowest BCUT2D eigenvalue weighted by Gasteiger charge is -2.34. The highest BCUT2D eigenvalue weighted by molar-refractivity contribution is 5.86. The summed E-state index contributed by atoms with van der Waals surface area (Å²) in [6.07, 6.45) is 0.869. The molecule has 1 atom stereocenters. The van der Waals surface area contributed by atoms with Gasteiger partial charge in [0.2, 0.25) is 5.91 Å². The summed E-state index contributed by atoms with van der Waals surface area (Å²) < 4.78 is 4.88. The summed E-state index contributed by atoms with van der Waals surface area (Å²) >= 11 is 0. The van der Waals surface area contributed by atoms with Gasteiger partial charge in [0.1, 0.15) is 0 Å². The Morgan fingerprint density at radius 1 is 1.77 bits per heavy atom. The smallest absolute Gasteiger partial charge is 0.245 e. The molecule has 0 aromatic heterocycles. The van der Waals surface area contributed by atoms with Gasteiger partial charge in [0.15, 0.2) is 5.41 Å². The molecule has 4 nitrogen and oxygen atoms in total. The number of carbonyl (C=O) groups excluding carboxylic acids is 1. The molecule has 1 aliphatic rings. The molecule has 1 fully saturated rings. The molecule has 0 bridgehead atoms. The van der Waals surface area contributed by atoms with Crippen molar-refractivity contribution >= 4 is 5.91 Å². The zero-order valence-electron chi connectivity index (χ0n) is 7.96. The van der Waals surface area contributed by atoms with Gasteiger partial charge >= 0.3 is 0 Å². The van der Waals surface area contributed by atoms with Gasteiger partial charge in [0.05, 0.1) is 19.3 Å². The zero-order chi connectivity index (χ0) is 9.90. The Morgan fingerprint density at radius 2 is 2.38 bits per heavy atom. The molecule has 1 N–H and O–H groups in total. The van der Waals surface area contributed by atoms with Crippen molar-refractivity contribution in [3.8, 4) is 6.07 Å². The molecule has 13 heavy (non-hydrogen) atoms. The summed E-state index contributed by atoms with van der Waals surface area (Å²) in [5.74, 6) is -0.199. The van der Waals surface area contributed by atoms with E-state index in [1.807, 2.05) is 19.9 Å². The average Bonchev–Trinajstić information content (AvgIpc) is 2.03. The molecular weight excluding hydrogens is 168 g/mol. The van der Waals surface area contributed by atoms with Crippen LogP contribution < -0.4 is 5.32 Å². The minimum absolute atomic E-state index is 0.123. The Hall–Kier alpha value is -1.08. The van der Waals surface area contributed by atoms with Gasteiger partial charge in [-0.3, -0.25) is 4.79 Å². The van der Waals surface area contributed by atoms with Crippen LogP contribution in [0.3, 0.4) is 0 Å². The predicted molar refractivity (Wildman–Crippen MR) is 46.8 cm³/mol. The number of amides is 1. The Labute approximate surface area is 77.9 Å². The highest BCUT2D eigenvalue weighted by atomic mass is 16.5. The molecule has 0 aromatic rings. The third kappa shape index (κ3) is 1.81. The Bertz CT molecular complexity index is 240. The summed E-state index contributed by atoms with van der Waals surface area (Å²) in [5.41, 5.74) is -0.913. The maximum Gasteiger partial charge on any atom is 0.245 e. The lowest BCUT2D eigenvalue weighted by Crippen LogP contribution is -2.54. The van der Waals surface area contributed by atoms with E-state index in [0.717, 1.165) is 6.42 Å². The van der Waals surface area contributed by atoms with Gasteiger partial charge in [-0.05, 0) is 13.3 Å². The first-order valence-electron chi connectivity index (χ1n) is 4.44. The van der Waals surface area contributed by atoms with E-state index < -0.39 is 5.41 Å². The maximum atomic E-state index is 11.5. The van der Waals surface area contributed by atoms with Crippen LogP contribution in [-0.4, -0.2) is 25.2 Å². The quantitative estimate of drug-likeness (QED) is 0.689. The molecule has 0 spiro atoms. The third-order valence-corrected chi connectivity index (χ3v) is 2.34. The number of nitrogens with one attached hydrogen (secondary N) is 1. The minimum atomic E-state index is -0.913. The summed E-state index contributed by atoms with van der Waals surface area (Å²) in [6, 6.07) is 2.13. The summed E-state index contributed by atoms with van der Waals surface area (Å²) in [7, 11) is 0. The first kappa shape index (κ1) is 10.0. The molecule has 0 radical (unpaired) electrons. The van der Waals surface area contributed by atoms with E-state index >= 15 is 0 Å². The number of nitriles is 1. The SMILES string of the molecule is CCC(C)NC(=O)C1(C#N)COC1. The Morgan fingerprint density at radius 3 is 2.69 bits per heavy atom. The maximum absolute atomic E-state index is 11.5. The Kier molecular flexibility index (Phi) is 2.89. The number of carbonyl (C=O) groups is 1. The van der Waals surface area contributed by atoms with Gasteiger partial charge in [-0.25, -0.2) is 0 Å². The second-order valence-corrected chi connectivity index (χ2v) is 3.47. The number of hydrogen-bond acceptors (Lipinski definition) is 3. The fourth-order valence-corrected chi connectivity index (χ4v) is 1.02. The highest BCUT2D eigenvalue weighted by Crippen LogP contribution is 2.26. The van der Waals surface area contributed by atoms with E-state index in [9.17, 15) is 4.79 Å². The molecule has 1 rings (SSSR count). The molecule has 1 unspecified atom stereocenters. The van der Waals surface area contributed by atoms with E-state index in [4.69, 9.17) is 10.00 Å². The van der Waals surface area contributed by atoms with Gasteiger partial charge in [-0.2, -0.15) is 5.26 Å². The van der Waals surface area contributed by atoms with Crippen LogP contribution >= 0.6 is 0 Å². The molecule has 0 aromatic carbocycles. The van der Waals surface area contributed by atoms with Crippen molar-refractivity contribution < 1.29 is 9.53 Å². The summed E-state index contributed by atoms with van der Waals surface area (Å²) in [4.78, 5) is 11.5. The van der Waals surface area contributed by atoms with Crippen LogP contribution in [0.25, 0.3) is 0 Å². The van der Waals surface area contributed by atoms with Crippen LogP contribution in [0, 0.1) is 16.7 Å². The van der Waals surface area contributed by atoms with Gasteiger partial charge in [0.25, 0.3) is 0 Å². The van der Waals surface area contributed by atoms with Crippen molar-refractivity contribution in [1.82, 2.24) is 5.32 Å². The highest BCUT2D eigenvalue weighted by Gasteiger charge is 2.46. The Balaban J connectivity index is 2.52. The van der Waals surface area contributed by atoms with Crippen LogP contribution in [0.15, 0.2) is 0 Å². The molecule has 1 amide bonds. The second kappa shape index (κ2) is 3.75. The number of nitrogens with zero attached hydrogens (tertiary/aromatic N) is 1. The van der Waals surface area contributed by atoms with Gasteiger partial charge in [-0.15, -0.1) is 0 Å². The first-order valence-corrected chi connectivity index (χ1v) is 4.44. The van der Waals surface area contributed by atoms with Gasteiger partial charge in [-0.1, -0.05) is 6.92 Å². The molecule has 1 aliphatic heterocycles. The van der Waals surface area contributed by atoms with Crippen LogP contribution in [0.4, 0.5) is 0 Å². The zero-order valence-corrected chi connectivity index (χ0v) is 7.96. The van der Waals surface area contributed by atoms with E-state index in [1.165, 1.54) is 0 Å². The van der Waals surface area contributed by atoms with Crippen LogP contribution in [0.5, 0.6) is 0 Å². The normalized spacial score (nSPS) is 21.0. The van der Waals surface area contributed by atoms with E-state index in [2.05, 4.69) is 5.32 Å². The summed E-state index contributed by atoms with van der Waals surface area (Å²) in [6.45, 7) is 4.36. The fraction of sp³-hybridized carbons (Fsp3) is 0.778. The largest absolute Gasteiger partial charge is 0.377 e. The van der Waals surface area contributed by atoms with Crippen molar-refractivity contribution in [3.05, 3.63) is 0 Å². The monoisotopic (exact) mass is 182 g/mol. The van der Waals surface area contributed by atoms with Crippen LogP contribution in [0.1, 0.15) is 20.3 Å². The van der Waals surface area contributed by atoms with Crippen LogP contribution in [0.2, 0.25) is 0 Å². The standard InChI is InChI=1S/C9H14N2O2/c1-3-7(2)11-8(12)9(4-10)5-13-6-9/h7H,3,5-6H2,1-2H3,(H,11,12). The fourth-order valence-electron chi connectivity index (χ4n) is 1.02. The third-order valence-electron chi connectivity index (χ3n) is 2.34. The minimum Gasteiger partial charge on any atom is -0.377 e. The van der Waals surface area contributed by atoms with Crippen molar-refractivity contribution in [3.63, 3.8) is 0 Å². The van der Waals surface area contributed by atoms with Crippen molar-refractivity contribution in [2.75, 3.05) is 13.2 Å². The molecule has 0 aliphatic carbocycles. The van der Waals surface area contributed by atoms with Crippen LogP contribution in [-0.2, 0) is 9.53 Å². The average molecular weight is 182 g/mol. The molecule has 1 saturated heterocycles. The lowest BCUT2D eigenvalue weighted by atomic mass is 9.86.